The van der Waals surface area contributed by atoms with Crippen molar-refractivity contribution in [1.29, 1.82) is 0 Å². The lowest BCUT2D eigenvalue weighted by Crippen LogP contribution is -2.05. The maximum atomic E-state index is 14.5. The van der Waals surface area contributed by atoms with Crippen molar-refractivity contribution in [3.8, 4) is 0 Å². The summed E-state index contributed by atoms with van der Waals surface area (Å²) < 4.78 is 14.5. The van der Waals surface area contributed by atoms with Gasteiger partial charge < -0.3 is 0 Å². The molecule has 0 N–H and O–H groups in total. The zero-order valence-electron chi connectivity index (χ0n) is 18.7. The molecule has 0 spiro atoms. The fourth-order valence-electron chi connectivity index (χ4n) is 3.63. The molecule has 0 aliphatic heterocycles. The van der Waals surface area contributed by atoms with Crippen molar-refractivity contribution in [2.75, 3.05) is 5.65 Å². The van der Waals surface area contributed by atoms with Gasteiger partial charge in [-0.05, 0) is 85.3 Å². The van der Waals surface area contributed by atoms with Crippen LogP contribution in [0.15, 0.2) is 41.4 Å². The van der Waals surface area contributed by atoms with E-state index in [2.05, 4.69) is 78.4 Å². The molecule has 0 aromatic heterocycles. The highest BCUT2D eigenvalue weighted by Gasteiger charge is 2.17. The minimum Gasteiger partial charge on any atom is -0.263 e. The molecule has 0 unspecified atom stereocenters. The van der Waals surface area contributed by atoms with Gasteiger partial charge in [0.05, 0.1) is 5.70 Å². The third-order valence-electron chi connectivity index (χ3n) is 4.99. The third-order valence-corrected chi connectivity index (χ3v) is 6.00. The molecule has 0 radical (unpaired) electrons. The Bertz CT molecular complexity index is 876. The SMILES string of the molecule is BCS/C(=C(\N=C)c1c(C)cccc1C)c1cc(F)cc(CCCC(C)(C)C)c1. The summed E-state index contributed by atoms with van der Waals surface area (Å²) in [5.41, 5.74) is 7.37. The lowest BCUT2D eigenvalue weighted by molar-refractivity contribution is 0.365. The van der Waals surface area contributed by atoms with E-state index in [1.807, 2.05) is 0 Å². The van der Waals surface area contributed by atoms with Gasteiger partial charge in [0.1, 0.15) is 13.7 Å². The molecule has 0 saturated carbocycles. The molecular formula is C25H33BFNS. The first-order chi connectivity index (χ1) is 13.7. The molecule has 2 rings (SSSR count). The summed E-state index contributed by atoms with van der Waals surface area (Å²) in [5.74, 6) is -0.188. The van der Waals surface area contributed by atoms with Crippen LogP contribution in [-0.2, 0) is 6.42 Å². The van der Waals surface area contributed by atoms with Crippen LogP contribution in [0.3, 0.4) is 0 Å². The summed E-state index contributed by atoms with van der Waals surface area (Å²) in [6, 6.07) is 11.7. The molecule has 2 aromatic carbocycles. The van der Waals surface area contributed by atoms with Gasteiger partial charge in [-0.1, -0.05) is 45.0 Å². The summed E-state index contributed by atoms with van der Waals surface area (Å²) in [6.07, 6.45) is 3.05. The van der Waals surface area contributed by atoms with Crippen molar-refractivity contribution in [3.63, 3.8) is 0 Å². The quantitative estimate of drug-likeness (QED) is 0.270. The molecule has 29 heavy (non-hydrogen) atoms. The number of aryl methyl sites for hydroxylation is 3. The number of hydrogen-bond acceptors (Lipinski definition) is 2. The Morgan fingerprint density at radius 1 is 1.14 bits per heavy atom. The van der Waals surface area contributed by atoms with Gasteiger partial charge in [0, 0.05) is 10.5 Å². The molecule has 0 aliphatic rings. The average molecular weight is 409 g/mol. The first-order valence-electron chi connectivity index (χ1n) is 10.4. The van der Waals surface area contributed by atoms with Crippen LogP contribution >= 0.6 is 11.8 Å². The topological polar surface area (TPSA) is 12.4 Å². The van der Waals surface area contributed by atoms with Crippen molar-refractivity contribution in [2.24, 2.45) is 10.4 Å². The maximum absolute atomic E-state index is 14.5. The van der Waals surface area contributed by atoms with E-state index in [1.54, 1.807) is 23.9 Å². The second-order valence-corrected chi connectivity index (χ2v) is 10.1. The minimum atomic E-state index is -0.188. The van der Waals surface area contributed by atoms with Crippen molar-refractivity contribution in [1.82, 2.24) is 0 Å². The molecule has 2 aromatic rings. The largest absolute Gasteiger partial charge is 0.263 e. The predicted molar refractivity (Wildman–Crippen MR) is 132 cm³/mol. The Labute approximate surface area is 181 Å². The van der Waals surface area contributed by atoms with E-state index in [0.29, 0.717) is 5.41 Å². The van der Waals surface area contributed by atoms with Crippen LogP contribution in [0.4, 0.5) is 4.39 Å². The number of halogens is 1. The Hall–Kier alpha value is -1.81. The van der Waals surface area contributed by atoms with Crippen molar-refractivity contribution in [3.05, 3.63) is 70.0 Å². The first kappa shape index (κ1) is 23.5. The number of thioether (sulfide) groups is 1. The van der Waals surface area contributed by atoms with Crippen LogP contribution in [-0.4, -0.2) is 20.2 Å². The van der Waals surface area contributed by atoms with Gasteiger partial charge in [-0.3, -0.25) is 4.99 Å². The highest BCUT2D eigenvalue weighted by Crippen LogP contribution is 2.38. The lowest BCUT2D eigenvalue weighted by atomic mass is 9.89. The molecule has 0 saturated heterocycles. The van der Waals surface area contributed by atoms with E-state index in [0.717, 1.165) is 63.3 Å². The van der Waals surface area contributed by atoms with Crippen LogP contribution < -0.4 is 0 Å². The smallest absolute Gasteiger partial charge is 0.124 e. The summed E-state index contributed by atoms with van der Waals surface area (Å²) in [6.45, 7) is 14.8. The van der Waals surface area contributed by atoms with Crippen LogP contribution in [0.25, 0.3) is 10.6 Å². The molecule has 0 atom stereocenters. The second-order valence-electron chi connectivity index (χ2n) is 8.80. The van der Waals surface area contributed by atoms with Gasteiger partial charge in [-0.2, -0.15) is 0 Å². The van der Waals surface area contributed by atoms with E-state index >= 15 is 0 Å². The normalized spacial score (nSPS) is 12.6. The van der Waals surface area contributed by atoms with E-state index in [9.17, 15) is 4.39 Å². The first-order valence-corrected chi connectivity index (χ1v) is 11.3. The molecule has 0 bridgehead atoms. The minimum absolute atomic E-state index is 0.188. The standard InChI is InChI=1S/C25H33BFNS/c1-17-9-7-10-18(2)22(17)23(28-6)24(29-16-26)20-13-19(14-21(27)15-20)11-8-12-25(3,4)5/h7,9-10,13-15H,6,8,11-12,16,26H2,1-5H3/b24-23-. The number of nitrogens with zero attached hydrogens (tertiary/aromatic N) is 1. The fraction of sp³-hybridized carbons (Fsp3) is 0.400. The van der Waals surface area contributed by atoms with Gasteiger partial charge >= 0.3 is 0 Å². The summed E-state index contributed by atoms with van der Waals surface area (Å²) >= 11 is 1.70. The average Bonchev–Trinajstić information content (AvgIpc) is 2.62. The molecule has 0 aliphatic carbocycles. The van der Waals surface area contributed by atoms with Gasteiger partial charge in [0.15, 0.2) is 0 Å². The van der Waals surface area contributed by atoms with Crippen molar-refractivity contribution < 1.29 is 4.39 Å². The van der Waals surface area contributed by atoms with E-state index < -0.39 is 0 Å². The van der Waals surface area contributed by atoms with Gasteiger partial charge in [-0.25, -0.2) is 4.39 Å². The monoisotopic (exact) mass is 409 g/mol. The summed E-state index contributed by atoms with van der Waals surface area (Å²) in [7, 11) is 2.11. The van der Waals surface area contributed by atoms with Gasteiger partial charge in [0.2, 0.25) is 0 Å². The van der Waals surface area contributed by atoms with Crippen molar-refractivity contribution in [2.45, 2.75) is 53.9 Å². The van der Waals surface area contributed by atoms with Crippen LogP contribution in [0, 0.1) is 25.1 Å². The number of hydrogen-bond donors (Lipinski definition) is 0. The van der Waals surface area contributed by atoms with Crippen LogP contribution in [0.1, 0.15) is 61.4 Å². The maximum Gasteiger partial charge on any atom is 0.124 e. The molecule has 1 nitrogen and oxygen atoms in total. The Morgan fingerprint density at radius 3 is 2.34 bits per heavy atom. The van der Waals surface area contributed by atoms with Gasteiger partial charge in [-0.15, -0.1) is 11.8 Å². The molecule has 0 heterocycles. The molecular weight excluding hydrogens is 376 g/mol. The Kier molecular flexibility index (Phi) is 8.33. The van der Waals surface area contributed by atoms with E-state index in [4.69, 9.17) is 0 Å². The number of aliphatic imine (C=N–C) groups is 1. The summed E-state index contributed by atoms with van der Waals surface area (Å²) in [4.78, 5) is 5.41. The lowest BCUT2D eigenvalue weighted by Gasteiger charge is -2.18. The number of rotatable bonds is 8. The molecule has 154 valence electrons. The highest BCUT2D eigenvalue weighted by molar-refractivity contribution is 8.09. The van der Waals surface area contributed by atoms with Crippen LogP contribution in [0.2, 0.25) is 0 Å². The fourth-order valence-corrected chi connectivity index (χ4v) is 4.51. The molecule has 0 amide bonds. The van der Waals surface area contributed by atoms with Crippen molar-refractivity contribution >= 4 is 36.9 Å². The van der Waals surface area contributed by atoms with E-state index in [-0.39, 0.29) is 5.82 Å². The highest BCUT2D eigenvalue weighted by atomic mass is 32.2. The van der Waals surface area contributed by atoms with Gasteiger partial charge in [0.25, 0.3) is 0 Å². The van der Waals surface area contributed by atoms with E-state index in [1.165, 1.54) is 0 Å². The number of benzene rings is 2. The molecule has 4 heteroatoms. The zero-order chi connectivity index (χ0) is 21.6. The Balaban J connectivity index is 2.54. The second kappa shape index (κ2) is 10.3. The zero-order valence-corrected chi connectivity index (χ0v) is 19.5. The molecule has 0 fully saturated rings. The van der Waals surface area contributed by atoms with Crippen LogP contribution in [0.5, 0.6) is 0 Å². The Morgan fingerprint density at radius 2 is 1.79 bits per heavy atom. The third kappa shape index (κ3) is 6.60. The summed E-state index contributed by atoms with van der Waals surface area (Å²) in [5, 5.41) is 0. The predicted octanol–water partition coefficient (Wildman–Crippen LogP) is 6.66.